The average Bonchev–Trinajstić information content (AvgIpc) is 2.67. The number of likely N-dealkylation sites (tertiary alicyclic amines) is 1. The van der Waals surface area contributed by atoms with Crippen molar-refractivity contribution in [2.75, 3.05) is 13.1 Å². The largest absolute Gasteiger partial charge is 0.388 e. The Morgan fingerprint density at radius 2 is 2.00 bits per heavy atom. The van der Waals surface area contributed by atoms with E-state index >= 15 is 0 Å². The second-order valence-corrected chi connectivity index (χ2v) is 5.34. The number of nitrogens with zero attached hydrogens (tertiary/aromatic N) is 1. The molecule has 1 unspecified atom stereocenters. The Balaban J connectivity index is 1.94. The van der Waals surface area contributed by atoms with Gasteiger partial charge in [-0.3, -0.25) is 4.79 Å². The number of carbonyl (C=O) groups excluding carboxylic acids is 1. The highest BCUT2D eigenvalue weighted by Gasteiger charge is 2.34. The highest BCUT2D eigenvalue weighted by atomic mass is 16.3. The van der Waals surface area contributed by atoms with E-state index in [2.05, 4.69) is 0 Å². The number of rotatable bonds is 1. The Morgan fingerprint density at radius 3 is 2.60 bits per heavy atom. The summed E-state index contributed by atoms with van der Waals surface area (Å²) in [6.45, 7) is 3.20. The average molecular weight is 211 g/mol. The molecule has 1 heterocycles. The second-order valence-electron chi connectivity index (χ2n) is 5.34. The quantitative estimate of drug-likeness (QED) is 0.715. The summed E-state index contributed by atoms with van der Waals surface area (Å²) < 4.78 is 0. The van der Waals surface area contributed by atoms with Crippen molar-refractivity contribution in [1.29, 1.82) is 0 Å². The predicted octanol–water partition coefficient (Wildman–Crippen LogP) is 1.55. The summed E-state index contributed by atoms with van der Waals surface area (Å²) in [4.78, 5) is 14.0. The Morgan fingerprint density at radius 1 is 1.33 bits per heavy atom. The lowest BCUT2D eigenvalue weighted by Crippen LogP contribution is -2.50. The van der Waals surface area contributed by atoms with Crippen LogP contribution in [0.25, 0.3) is 0 Å². The van der Waals surface area contributed by atoms with Gasteiger partial charge in [-0.05, 0) is 32.6 Å². The Bertz CT molecular complexity index is 244. The van der Waals surface area contributed by atoms with Crippen molar-refractivity contribution < 1.29 is 9.90 Å². The monoisotopic (exact) mass is 211 g/mol. The molecule has 1 amide bonds. The van der Waals surface area contributed by atoms with Crippen molar-refractivity contribution in [2.24, 2.45) is 5.92 Å². The predicted molar refractivity (Wildman–Crippen MR) is 58.4 cm³/mol. The van der Waals surface area contributed by atoms with Crippen LogP contribution in [-0.2, 0) is 4.79 Å². The molecule has 0 aromatic carbocycles. The molecule has 2 fully saturated rings. The van der Waals surface area contributed by atoms with Gasteiger partial charge in [-0.25, -0.2) is 0 Å². The summed E-state index contributed by atoms with van der Waals surface area (Å²) in [6.07, 6.45) is 6.25. The van der Waals surface area contributed by atoms with Crippen molar-refractivity contribution in [2.45, 2.75) is 51.0 Å². The molecule has 1 aliphatic heterocycles. The van der Waals surface area contributed by atoms with Crippen LogP contribution in [0.15, 0.2) is 0 Å². The lowest BCUT2D eigenvalue weighted by atomic mass is 9.94. The van der Waals surface area contributed by atoms with Gasteiger partial charge in [0.25, 0.3) is 0 Å². The van der Waals surface area contributed by atoms with Gasteiger partial charge in [0.05, 0.1) is 5.60 Å². The lowest BCUT2D eigenvalue weighted by Gasteiger charge is -2.38. The van der Waals surface area contributed by atoms with E-state index in [-0.39, 0.29) is 11.8 Å². The summed E-state index contributed by atoms with van der Waals surface area (Å²) in [6, 6.07) is 0. The van der Waals surface area contributed by atoms with E-state index in [1.54, 1.807) is 0 Å². The first-order valence-electron chi connectivity index (χ1n) is 6.10. The molecule has 0 aromatic heterocycles. The molecule has 3 heteroatoms. The van der Waals surface area contributed by atoms with Gasteiger partial charge in [0.15, 0.2) is 0 Å². The minimum absolute atomic E-state index is 0.249. The summed E-state index contributed by atoms with van der Waals surface area (Å²) >= 11 is 0. The molecule has 0 radical (unpaired) electrons. The number of amides is 1. The Hall–Kier alpha value is -0.570. The summed E-state index contributed by atoms with van der Waals surface area (Å²) in [5.74, 6) is 0.534. The molecule has 2 aliphatic rings. The van der Waals surface area contributed by atoms with Crippen LogP contribution in [0, 0.1) is 5.92 Å². The molecular formula is C12H21NO2. The summed E-state index contributed by atoms with van der Waals surface area (Å²) in [7, 11) is 0. The summed E-state index contributed by atoms with van der Waals surface area (Å²) in [5, 5.41) is 9.94. The van der Waals surface area contributed by atoms with Gasteiger partial charge in [-0.15, -0.1) is 0 Å². The van der Waals surface area contributed by atoms with Crippen molar-refractivity contribution in [3.05, 3.63) is 0 Å². The fraction of sp³-hybridized carbons (Fsp3) is 0.917. The first-order chi connectivity index (χ1) is 7.08. The van der Waals surface area contributed by atoms with Gasteiger partial charge < -0.3 is 10.0 Å². The second kappa shape index (κ2) is 4.12. The molecule has 0 spiro atoms. The van der Waals surface area contributed by atoms with Gasteiger partial charge >= 0.3 is 0 Å². The molecule has 1 saturated heterocycles. The van der Waals surface area contributed by atoms with Gasteiger partial charge in [0.1, 0.15) is 0 Å². The van der Waals surface area contributed by atoms with E-state index in [1.165, 1.54) is 12.8 Å². The van der Waals surface area contributed by atoms with E-state index in [0.29, 0.717) is 6.54 Å². The van der Waals surface area contributed by atoms with Crippen LogP contribution in [0.2, 0.25) is 0 Å². The van der Waals surface area contributed by atoms with Gasteiger partial charge in [0.2, 0.25) is 5.91 Å². The highest BCUT2D eigenvalue weighted by molar-refractivity contribution is 5.79. The van der Waals surface area contributed by atoms with Crippen LogP contribution >= 0.6 is 0 Å². The molecule has 2 rings (SSSR count). The fourth-order valence-electron chi connectivity index (χ4n) is 2.84. The zero-order valence-corrected chi connectivity index (χ0v) is 9.54. The molecule has 1 atom stereocenters. The molecule has 86 valence electrons. The topological polar surface area (TPSA) is 40.5 Å². The van der Waals surface area contributed by atoms with Crippen molar-refractivity contribution in [3.8, 4) is 0 Å². The Kier molecular flexibility index (Phi) is 3.01. The number of hydrogen-bond acceptors (Lipinski definition) is 2. The lowest BCUT2D eigenvalue weighted by molar-refractivity contribution is -0.141. The van der Waals surface area contributed by atoms with E-state index in [1.807, 2.05) is 11.8 Å². The molecule has 1 saturated carbocycles. The van der Waals surface area contributed by atoms with E-state index in [0.717, 1.165) is 32.2 Å². The SMILES string of the molecule is CC1(O)CCCN(C(=O)C2CCCC2)C1. The third-order valence-corrected chi connectivity index (χ3v) is 3.69. The van der Waals surface area contributed by atoms with E-state index < -0.39 is 5.60 Å². The van der Waals surface area contributed by atoms with Crippen LogP contribution in [-0.4, -0.2) is 34.6 Å². The number of carbonyl (C=O) groups is 1. The maximum absolute atomic E-state index is 12.1. The van der Waals surface area contributed by atoms with Crippen molar-refractivity contribution >= 4 is 5.91 Å². The van der Waals surface area contributed by atoms with E-state index in [4.69, 9.17) is 0 Å². The van der Waals surface area contributed by atoms with Gasteiger partial charge in [0, 0.05) is 19.0 Å². The fourth-order valence-corrected chi connectivity index (χ4v) is 2.84. The summed E-state index contributed by atoms with van der Waals surface area (Å²) in [5.41, 5.74) is -0.660. The maximum Gasteiger partial charge on any atom is 0.225 e. The first-order valence-corrected chi connectivity index (χ1v) is 6.10. The van der Waals surface area contributed by atoms with Crippen LogP contribution in [0.5, 0.6) is 0 Å². The normalized spacial score (nSPS) is 33.3. The van der Waals surface area contributed by atoms with E-state index in [9.17, 15) is 9.90 Å². The zero-order valence-electron chi connectivity index (χ0n) is 9.54. The number of β-amino-alcohol motifs (C(OH)–C–C–N with tert-alkyl or cyclic N) is 1. The molecular weight excluding hydrogens is 190 g/mol. The molecule has 1 aliphatic carbocycles. The van der Waals surface area contributed by atoms with Crippen LogP contribution in [0.3, 0.4) is 0 Å². The standard InChI is InChI=1S/C12H21NO2/c1-12(15)7-4-8-13(9-12)11(14)10-5-2-3-6-10/h10,15H,2-9H2,1H3. The van der Waals surface area contributed by atoms with Crippen molar-refractivity contribution in [3.63, 3.8) is 0 Å². The van der Waals surface area contributed by atoms with Gasteiger partial charge in [-0.1, -0.05) is 12.8 Å². The number of aliphatic hydroxyl groups is 1. The number of piperidine rings is 1. The maximum atomic E-state index is 12.1. The van der Waals surface area contributed by atoms with Crippen LogP contribution < -0.4 is 0 Å². The third kappa shape index (κ3) is 2.51. The molecule has 15 heavy (non-hydrogen) atoms. The van der Waals surface area contributed by atoms with Crippen molar-refractivity contribution in [1.82, 2.24) is 4.90 Å². The van der Waals surface area contributed by atoms with Crippen LogP contribution in [0.4, 0.5) is 0 Å². The third-order valence-electron chi connectivity index (χ3n) is 3.69. The first kappa shape index (κ1) is 10.9. The molecule has 3 nitrogen and oxygen atoms in total. The Labute approximate surface area is 91.5 Å². The molecule has 0 aromatic rings. The zero-order chi connectivity index (χ0) is 10.9. The minimum Gasteiger partial charge on any atom is -0.388 e. The van der Waals surface area contributed by atoms with Crippen LogP contribution in [0.1, 0.15) is 45.4 Å². The smallest absolute Gasteiger partial charge is 0.225 e. The molecule has 0 bridgehead atoms. The highest BCUT2D eigenvalue weighted by Crippen LogP contribution is 2.29. The minimum atomic E-state index is -0.660. The van der Waals surface area contributed by atoms with Gasteiger partial charge in [-0.2, -0.15) is 0 Å². The number of hydrogen-bond donors (Lipinski definition) is 1. The molecule has 1 N–H and O–H groups in total.